The van der Waals surface area contributed by atoms with Gasteiger partial charge >= 0.3 is 0 Å². The molecular weight excluding hydrogens is 409 g/mol. The standard InChI is InChI=1S/C14H19ClINO2S/c1-20(18,19)11-4-2-3-9(7-11)14(17)10-5-6-13(16)12(15)8-10/h5-6,8-9,11,14H,2-4,7,17H2,1H3. The first-order valence-electron chi connectivity index (χ1n) is 6.68. The first-order valence-corrected chi connectivity index (χ1v) is 10.1. The fourth-order valence-corrected chi connectivity index (χ4v) is 4.60. The molecule has 0 radical (unpaired) electrons. The summed E-state index contributed by atoms with van der Waals surface area (Å²) >= 11 is 8.32. The predicted molar refractivity (Wildman–Crippen MR) is 91.7 cm³/mol. The summed E-state index contributed by atoms with van der Waals surface area (Å²) in [5, 5.41) is 0.459. The van der Waals surface area contributed by atoms with Gasteiger partial charge < -0.3 is 5.73 Å². The Bertz CT molecular complexity index is 591. The van der Waals surface area contributed by atoms with E-state index >= 15 is 0 Å². The summed E-state index contributed by atoms with van der Waals surface area (Å²) in [7, 11) is -2.97. The smallest absolute Gasteiger partial charge is 0.150 e. The van der Waals surface area contributed by atoms with Gasteiger partial charge in [-0.1, -0.05) is 24.1 Å². The average molecular weight is 428 g/mol. The highest BCUT2D eigenvalue weighted by Gasteiger charge is 2.32. The molecule has 1 aliphatic rings. The van der Waals surface area contributed by atoms with Crippen molar-refractivity contribution in [3.63, 3.8) is 0 Å². The third kappa shape index (κ3) is 3.87. The molecule has 1 aliphatic carbocycles. The molecule has 0 aromatic heterocycles. The lowest BCUT2D eigenvalue weighted by atomic mass is 9.81. The molecule has 3 atom stereocenters. The molecule has 0 heterocycles. The van der Waals surface area contributed by atoms with Crippen LogP contribution in [0.4, 0.5) is 0 Å². The largest absolute Gasteiger partial charge is 0.324 e. The highest BCUT2D eigenvalue weighted by Crippen LogP contribution is 2.36. The molecule has 0 bridgehead atoms. The van der Waals surface area contributed by atoms with Gasteiger partial charge in [0.25, 0.3) is 0 Å². The number of sulfone groups is 1. The number of hydrogen-bond acceptors (Lipinski definition) is 3. The zero-order valence-electron chi connectivity index (χ0n) is 11.4. The monoisotopic (exact) mass is 427 g/mol. The van der Waals surface area contributed by atoms with E-state index in [2.05, 4.69) is 22.6 Å². The summed E-state index contributed by atoms with van der Waals surface area (Å²) in [4.78, 5) is 0. The molecule has 2 N–H and O–H groups in total. The van der Waals surface area contributed by atoms with E-state index in [4.69, 9.17) is 17.3 Å². The van der Waals surface area contributed by atoms with E-state index in [-0.39, 0.29) is 17.2 Å². The van der Waals surface area contributed by atoms with Crippen LogP contribution in [0.5, 0.6) is 0 Å². The van der Waals surface area contributed by atoms with Gasteiger partial charge in [-0.2, -0.15) is 0 Å². The zero-order chi connectivity index (χ0) is 14.9. The van der Waals surface area contributed by atoms with Gasteiger partial charge in [0.15, 0.2) is 0 Å². The Kier molecular flexibility index (Phi) is 5.37. The Hall–Kier alpha value is 0.150. The van der Waals surface area contributed by atoms with Crippen LogP contribution in [0.25, 0.3) is 0 Å². The minimum atomic E-state index is -2.97. The number of nitrogens with two attached hydrogens (primary N) is 1. The van der Waals surface area contributed by atoms with Gasteiger partial charge in [-0.25, -0.2) is 8.42 Å². The van der Waals surface area contributed by atoms with E-state index in [1.54, 1.807) is 0 Å². The van der Waals surface area contributed by atoms with Crippen LogP contribution in [0.2, 0.25) is 5.02 Å². The van der Waals surface area contributed by atoms with Gasteiger partial charge in [0.2, 0.25) is 0 Å². The minimum absolute atomic E-state index is 0.144. The summed E-state index contributed by atoms with van der Waals surface area (Å²) in [6, 6.07) is 5.70. The molecule has 1 aromatic rings. The molecule has 6 heteroatoms. The van der Waals surface area contributed by atoms with Crippen molar-refractivity contribution in [3.05, 3.63) is 32.4 Å². The first kappa shape index (κ1) is 16.5. The maximum atomic E-state index is 11.7. The van der Waals surface area contributed by atoms with Crippen molar-refractivity contribution >= 4 is 44.0 Å². The second-order valence-electron chi connectivity index (χ2n) is 5.58. The molecule has 1 fully saturated rings. The number of halogens is 2. The number of benzene rings is 1. The SMILES string of the molecule is CS(=O)(=O)C1CCCC(C(N)c2ccc(I)c(Cl)c2)C1. The van der Waals surface area contributed by atoms with E-state index in [0.717, 1.165) is 28.4 Å². The molecule has 1 aromatic carbocycles. The molecule has 20 heavy (non-hydrogen) atoms. The van der Waals surface area contributed by atoms with E-state index in [1.807, 2.05) is 18.2 Å². The van der Waals surface area contributed by atoms with Crippen LogP contribution in [0, 0.1) is 9.49 Å². The van der Waals surface area contributed by atoms with Gasteiger partial charge in [0.05, 0.1) is 10.3 Å². The maximum Gasteiger partial charge on any atom is 0.150 e. The molecule has 0 aliphatic heterocycles. The molecule has 3 nitrogen and oxygen atoms in total. The van der Waals surface area contributed by atoms with Crippen LogP contribution < -0.4 is 5.73 Å². The summed E-state index contributed by atoms with van der Waals surface area (Å²) in [6.45, 7) is 0. The Morgan fingerprint density at radius 3 is 2.70 bits per heavy atom. The Morgan fingerprint density at radius 2 is 2.10 bits per heavy atom. The van der Waals surface area contributed by atoms with Crippen LogP contribution in [0.3, 0.4) is 0 Å². The van der Waals surface area contributed by atoms with Crippen LogP contribution in [-0.4, -0.2) is 19.9 Å². The molecule has 0 spiro atoms. The maximum absolute atomic E-state index is 11.7. The third-order valence-corrected chi connectivity index (χ3v) is 7.32. The van der Waals surface area contributed by atoms with Crippen molar-refractivity contribution in [2.75, 3.05) is 6.26 Å². The second-order valence-corrected chi connectivity index (χ2v) is 9.47. The lowest BCUT2D eigenvalue weighted by molar-refractivity contribution is 0.309. The average Bonchev–Trinajstić information content (AvgIpc) is 2.40. The normalized spacial score (nSPS) is 25.4. The van der Waals surface area contributed by atoms with Gasteiger partial charge in [0.1, 0.15) is 9.84 Å². The molecule has 1 saturated carbocycles. The summed E-state index contributed by atoms with van der Waals surface area (Å²) in [6.07, 6.45) is 4.65. The minimum Gasteiger partial charge on any atom is -0.324 e. The Labute approximate surface area is 139 Å². The van der Waals surface area contributed by atoms with Gasteiger partial charge in [-0.3, -0.25) is 0 Å². The fourth-order valence-electron chi connectivity index (χ4n) is 2.89. The topological polar surface area (TPSA) is 60.2 Å². The summed E-state index contributed by atoms with van der Waals surface area (Å²) in [5.41, 5.74) is 7.33. The van der Waals surface area contributed by atoms with Crippen molar-refractivity contribution in [2.45, 2.75) is 37.0 Å². The lowest BCUT2D eigenvalue weighted by Crippen LogP contribution is -2.33. The van der Waals surface area contributed by atoms with Crippen LogP contribution in [0.15, 0.2) is 18.2 Å². The van der Waals surface area contributed by atoms with E-state index in [9.17, 15) is 8.42 Å². The first-order chi connectivity index (χ1) is 9.29. The number of rotatable bonds is 3. The van der Waals surface area contributed by atoms with E-state index in [1.165, 1.54) is 6.26 Å². The molecular formula is C14H19ClINO2S. The van der Waals surface area contributed by atoms with Crippen LogP contribution >= 0.6 is 34.2 Å². The lowest BCUT2D eigenvalue weighted by Gasteiger charge is -2.32. The molecule has 3 unspecified atom stereocenters. The highest BCUT2D eigenvalue weighted by atomic mass is 127. The molecule has 2 rings (SSSR count). The molecule has 0 amide bonds. The van der Waals surface area contributed by atoms with Gasteiger partial charge in [-0.15, -0.1) is 0 Å². The zero-order valence-corrected chi connectivity index (χ0v) is 15.1. The van der Waals surface area contributed by atoms with Crippen molar-refractivity contribution in [2.24, 2.45) is 11.7 Å². The van der Waals surface area contributed by atoms with Crippen LogP contribution in [-0.2, 0) is 9.84 Å². The summed E-state index contributed by atoms with van der Waals surface area (Å²) < 4.78 is 24.5. The third-order valence-electron chi connectivity index (χ3n) is 4.11. The summed E-state index contributed by atoms with van der Waals surface area (Å²) in [5.74, 6) is 0.208. The van der Waals surface area contributed by atoms with Crippen molar-refractivity contribution < 1.29 is 8.42 Å². The van der Waals surface area contributed by atoms with E-state index < -0.39 is 9.84 Å². The van der Waals surface area contributed by atoms with Crippen LogP contribution in [0.1, 0.15) is 37.3 Å². The Balaban J connectivity index is 2.16. The number of hydrogen-bond donors (Lipinski definition) is 1. The van der Waals surface area contributed by atoms with Crippen molar-refractivity contribution in [1.82, 2.24) is 0 Å². The Morgan fingerprint density at radius 1 is 1.40 bits per heavy atom. The van der Waals surface area contributed by atoms with Crippen molar-refractivity contribution in [3.8, 4) is 0 Å². The predicted octanol–water partition coefficient (Wildman–Crippen LogP) is 3.55. The highest BCUT2D eigenvalue weighted by molar-refractivity contribution is 14.1. The second kappa shape index (κ2) is 6.50. The quantitative estimate of drug-likeness (QED) is 0.751. The van der Waals surface area contributed by atoms with Crippen molar-refractivity contribution in [1.29, 1.82) is 0 Å². The molecule has 0 saturated heterocycles. The fraction of sp³-hybridized carbons (Fsp3) is 0.571. The molecule has 112 valence electrons. The van der Waals surface area contributed by atoms with Gasteiger partial charge in [-0.05, 0) is 65.5 Å². The van der Waals surface area contributed by atoms with E-state index in [0.29, 0.717) is 11.4 Å². The van der Waals surface area contributed by atoms with Gasteiger partial charge in [0, 0.05) is 15.9 Å².